The summed E-state index contributed by atoms with van der Waals surface area (Å²) in [5.74, 6) is 0. The number of nitrogens with zero attached hydrogens (tertiary/aromatic N) is 2. The second-order valence-electron chi connectivity index (χ2n) is 3.10. The van der Waals surface area contributed by atoms with Crippen LogP contribution >= 0.6 is 0 Å². The number of rotatable bonds is 3. The average Bonchev–Trinajstić information content (AvgIpc) is 2.47. The molecule has 1 aliphatic rings. The molecule has 0 spiro atoms. The molecule has 0 saturated carbocycles. The van der Waals surface area contributed by atoms with Crippen molar-refractivity contribution in [1.29, 1.82) is 0 Å². The van der Waals surface area contributed by atoms with Crippen molar-refractivity contribution < 1.29 is 0 Å². The molecule has 0 aromatic carbocycles. The van der Waals surface area contributed by atoms with Crippen LogP contribution in [-0.4, -0.2) is 30.6 Å². The molecule has 0 aromatic rings. The minimum atomic E-state index is 0.709. The maximum atomic E-state index is 6.70. The molecule has 0 radical (unpaired) electrons. The predicted octanol–water partition coefficient (Wildman–Crippen LogP) is 1.78. The van der Waals surface area contributed by atoms with Crippen LogP contribution in [0.2, 0.25) is 0 Å². The van der Waals surface area contributed by atoms with Gasteiger partial charge in [0.15, 0.2) is 0 Å². The number of likely N-dealkylation sites (tertiary alicyclic amines) is 1. The summed E-state index contributed by atoms with van der Waals surface area (Å²) in [6.45, 7) is 12.0. The molecule has 1 unspecified atom stereocenters. The zero-order chi connectivity index (χ0) is 8.10. The lowest BCUT2D eigenvalue weighted by Gasteiger charge is -2.20. The maximum Gasteiger partial charge on any atom is 0.216 e. The molecule has 0 aromatic heterocycles. The Bertz CT molecular complexity index is 148. The normalized spacial score (nSPS) is 25.3. The van der Waals surface area contributed by atoms with E-state index in [4.69, 9.17) is 6.57 Å². The highest BCUT2D eigenvalue weighted by atomic mass is 15.2. The Morgan fingerprint density at radius 2 is 2.45 bits per heavy atom. The molecule has 0 amide bonds. The third-order valence-corrected chi connectivity index (χ3v) is 2.48. The highest BCUT2D eigenvalue weighted by Gasteiger charge is 2.22. The van der Waals surface area contributed by atoms with Gasteiger partial charge >= 0.3 is 0 Å². The van der Waals surface area contributed by atoms with Gasteiger partial charge in [-0.05, 0) is 25.9 Å². The van der Waals surface area contributed by atoms with E-state index >= 15 is 0 Å². The zero-order valence-corrected chi connectivity index (χ0v) is 7.21. The Kier molecular flexibility index (Phi) is 3.38. The summed E-state index contributed by atoms with van der Waals surface area (Å²) in [6.07, 6.45) is 3.72. The third kappa shape index (κ3) is 2.20. The highest BCUT2D eigenvalue weighted by molar-refractivity contribution is 4.80. The average molecular weight is 152 g/mol. The van der Waals surface area contributed by atoms with Crippen LogP contribution in [0.4, 0.5) is 0 Å². The van der Waals surface area contributed by atoms with Crippen molar-refractivity contribution in [2.24, 2.45) is 0 Å². The molecule has 1 heterocycles. The summed E-state index contributed by atoms with van der Waals surface area (Å²) in [5, 5.41) is 0. The van der Waals surface area contributed by atoms with Gasteiger partial charge in [-0.1, -0.05) is 6.92 Å². The van der Waals surface area contributed by atoms with Gasteiger partial charge in [0.05, 0.1) is 0 Å². The van der Waals surface area contributed by atoms with Crippen molar-refractivity contribution in [3.8, 4) is 0 Å². The van der Waals surface area contributed by atoms with Crippen LogP contribution in [0.5, 0.6) is 0 Å². The number of hydrogen-bond acceptors (Lipinski definition) is 1. The van der Waals surface area contributed by atoms with Crippen molar-refractivity contribution in [1.82, 2.24) is 4.90 Å². The lowest BCUT2D eigenvalue weighted by molar-refractivity contribution is 0.260. The van der Waals surface area contributed by atoms with E-state index in [0.717, 1.165) is 13.0 Å². The van der Waals surface area contributed by atoms with E-state index < -0.39 is 0 Å². The highest BCUT2D eigenvalue weighted by Crippen LogP contribution is 2.19. The van der Waals surface area contributed by atoms with Crippen LogP contribution in [-0.2, 0) is 0 Å². The third-order valence-electron chi connectivity index (χ3n) is 2.48. The predicted molar refractivity (Wildman–Crippen MR) is 46.4 cm³/mol. The first-order valence-electron chi connectivity index (χ1n) is 4.45. The Morgan fingerprint density at radius 3 is 3.09 bits per heavy atom. The fourth-order valence-electron chi connectivity index (χ4n) is 1.85. The first-order chi connectivity index (χ1) is 5.38. The second-order valence-corrected chi connectivity index (χ2v) is 3.10. The summed E-state index contributed by atoms with van der Waals surface area (Å²) in [5.41, 5.74) is 0. The first kappa shape index (κ1) is 8.55. The van der Waals surface area contributed by atoms with E-state index in [9.17, 15) is 0 Å². The summed E-state index contributed by atoms with van der Waals surface area (Å²) in [7, 11) is 0. The fraction of sp³-hybridized carbons (Fsp3) is 0.889. The van der Waals surface area contributed by atoms with E-state index in [1.165, 1.54) is 19.4 Å². The van der Waals surface area contributed by atoms with Crippen molar-refractivity contribution in [3.63, 3.8) is 0 Å². The molecule has 62 valence electrons. The molecule has 2 nitrogen and oxygen atoms in total. The van der Waals surface area contributed by atoms with Crippen LogP contribution in [0.1, 0.15) is 26.2 Å². The van der Waals surface area contributed by atoms with E-state index in [0.29, 0.717) is 12.6 Å². The van der Waals surface area contributed by atoms with Gasteiger partial charge in [-0.3, -0.25) is 0 Å². The van der Waals surface area contributed by atoms with Gasteiger partial charge in [0.2, 0.25) is 6.54 Å². The molecular weight excluding hydrogens is 136 g/mol. The Balaban J connectivity index is 2.27. The monoisotopic (exact) mass is 152 g/mol. The molecule has 1 fully saturated rings. The van der Waals surface area contributed by atoms with E-state index in [2.05, 4.69) is 16.7 Å². The smallest absolute Gasteiger partial charge is 0.216 e. The van der Waals surface area contributed by atoms with E-state index in [1.807, 2.05) is 0 Å². The lowest BCUT2D eigenvalue weighted by atomic mass is 10.1. The topological polar surface area (TPSA) is 7.60 Å². The Labute approximate surface area is 69.0 Å². The first-order valence-corrected chi connectivity index (χ1v) is 4.45. The molecule has 0 bridgehead atoms. The van der Waals surface area contributed by atoms with Gasteiger partial charge in [-0.2, -0.15) is 0 Å². The van der Waals surface area contributed by atoms with Crippen LogP contribution in [0.15, 0.2) is 0 Å². The second kappa shape index (κ2) is 4.35. The molecule has 1 aliphatic heterocycles. The van der Waals surface area contributed by atoms with Crippen molar-refractivity contribution in [2.45, 2.75) is 32.2 Å². The van der Waals surface area contributed by atoms with Crippen LogP contribution in [0.3, 0.4) is 0 Å². The van der Waals surface area contributed by atoms with E-state index in [-0.39, 0.29) is 0 Å². The largest absolute Gasteiger partial charge is 0.317 e. The van der Waals surface area contributed by atoms with Crippen molar-refractivity contribution in [3.05, 3.63) is 11.4 Å². The zero-order valence-electron chi connectivity index (χ0n) is 7.21. The van der Waals surface area contributed by atoms with Gasteiger partial charge < -0.3 is 9.74 Å². The summed E-state index contributed by atoms with van der Waals surface area (Å²) < 4.78 is 0. The summed E-state index contributed by atoms with van der Waals surface area (Å²) >= 11 is 0. The molecule has 0 aliphatic carbocycles. The van der Waals surface area contributed by atoms with Gasteiger partial charge in [0.25, 0.3) is 0 Å². The Hall–Kier alpha value is -0.550. The molecule has 1 saturated heterocycles. The Morgan fingerprint density at radius 1 is 1.64 bits per heavy atom. The molecule has 1 atom stereocenters. The van der Waals surface area contributed by atoms with Gasteiger partial charge in [-0.15, -0.1) is 0 Å². The molecule has 1 rings (SSSR count). The molecule has 11 heavy (non-hydrogen) atoms. The SMILES string of the molecule is [C-]#[N+]CCC1CCCN1CC. The van der Waals surface area contributed by atoms with Crippen LogP contribution < -0.4 is 0 Å². The summed E-state index contributed by atoms with van der Waals surface area (Å²) in [4.78, 5) is 5.88. The summed E-state index contributed by atoms with van der Waals surface area (Å²) in [6, 6.07) is 0.717. The van der Waals surface area contributed by atoms with Crippen molar-refractivity contribution in [2.75, 3.05) is 19.6 Å². The fourth-order valence-corrected chi connectivity index (χ4v) is 1.85. The number of hydrogen-bond donors (Lipinski definition) is 0. The molecular formula is C9H16N2. The minimum Gasteiger partial charge on any atom is -0.317 e. The molecule has 2 heteroatoms. The van der Waals surface area contributed by atoms with Gasteiger partial charge in [0.1, 0.15) is 0 Å². The van der Waals surface area contributed by atoms with E-state index in [1.54, 1.807) is 0 Å². The minimum absolute atomic E-state index is 0.709. The van der Waals surface area contributed by atoms with Gasteiger partial charge in [-0.25, -0.2) is 6.57 Å². The van der Waals surface area contributed by atoms with Crippen LogP contribution in [0, 0.1) is 6.57 Å². The van der Waals surface area contributed by atoms with Crippen LogP contribution in [0.25, 0.3) is 4.85 Å². The van der Waals surface area contributed by atoms with Gasteiger partial charge in [0, 0.05) is 12.5 Å². The maximum absolute atomic E-state index is 6.70. The quantitative estimate of drug-likeness (QED) is 0.559. The van der Waals surface area contributed by atoms with Crippen molar-refractivity contribution >= 4 is 0 Å². The standard InChI is InChI=1S/C9H16N2/c1-3-11-8-4-5-9(11)6-7-10-2/h9H,3-8H2,1H3. The molecule has 0 N–H and O–H groups in total. The lowest BCUT2D eigenvalue weighted by Crippen LogP contribution is -2.29.